The summed E-state index contributed by atoms with van der Waals surface area (Å²) < 4.78 is 32.0. The number of carboxylic acids is 1. The Hall–Kier alpha value is -3.30. The van der Waals surface area contributed by atoms with Crippen LogP contribution in [0.15, 0.2) is 44.2 Å². The van der Waals surface area contributed by atoms with Crippen LogP contribution in [0.3, 0.4) is 0 Å². The zero-order chi connectivity index (χ0) is 20.1. The van der Waals surface area contributed by atoms with Crippen molar-refractivity contribution in [2.75, 3.05) is 0 Å². The predicted molar refractivity (Wildman–Crippen MR) is 88.7 cm³/mol. The lowest BCUT2D eigenvalue weighted by Crippen LogP contribution is -2.25. The Morgan fingerprint density at radius 2 is 1.96 bits per heavy atom. The normalized spacial score (nSPS) is 16.2. The summed E-state index contributed by atoms with van der Waals surface area (Å²) in [7, 11) is 0. The SMILES string of the molecule is CC(=O)O.CC1=C(C)C(=O)C(Cc2nc(-c3cccc(F)c3F)no2)N=N1. The fourth-order valence-corrected chi connectivity index (χ4v) is 2.13. The Morgan fingerprint density at radius 1 is 1.30 bits per heavy atom. The van der Waals surface area contributed by atoms with Crippen LogP contribution in [0.25, 0.3) is 11.4 Å². The number of allylic oxidation sites excluding steroid dienone is 1. The summed E-state index contributed by atoms with van der Waals surface area (Å²) in [4.78, 5) is 25.1. The molecule has 10 heteroatoms. The van der Waals surface area contributed by atoms with Crippen LogP contribution in [0.5, 0.6) is 0 Å². The minimum atomic E-state index is -1.05. The van der Waals surface area contributed by atoms with Crippen molar-refractivity contribution in [1.29, 1.82) is 0 Å². The van der Waals surface area contributed by atoms with Gasteiger partial charge in [0.15, 0.2) is 17.4 Å². The standard InChI is InChI=1S/C15H12F2N4O2.C2H4O2/c1-7-8(2)19-20-11(14(7)22)6-12-18-15(21-23-12)9-4-3-5-10(16)13(9)17;1-2(3)4/h3-5,11H,6H2,1-2H3;1H3,(H,3,4). The summed E-state index contributed by atoms with van der Waals surface area (Å²) in [5.74, 6) is -3.04. The van der Waals surface area contributed by atoms with E-state index in [1.54, 1.807) is 13.8 Å². The number of halogens is 2. The van der Waals surface area contributed by atoms with E-state index in [0.29, 0.717) is 11.3 Å². The number of carboxylic acid groups (broad SMARTS) is 1. The highest BCUT2D eigenvalue weighted by molar-refractivity contribution is 6.00. The molecule has 1 unspecified atom stereocenters. The van der Waals surface area contributed by atoms with Gasteiger partial charge in [-0.1, -0.05) is 11.2 Å². The van der Waals surface area contributed by atoms with E-state index < -0.39 is 23.6 Å². The van der Waals surface area contributed by atoms with Crippen LogP contribution in [0.4, 0.5) is 8.78 Å². The van der Waals surface area contributed by atoms with Gasteiger partial charge in [0.05, 0.1) is 17.7 Å². The molecule has 1 N–H and O–H groups in total. The Balaban J connectivity index is 0.000000596. The minimum absolute atomic E-state index is 0.0525. The van der Waals surface area contributed by atoms with Gasteiger partial charge in [-0.25, -0.2) is 8.78 Å². The van der Waals surface area contributed by atoms with Crippen LogP contribution in [0.1, 0.15) is 26.7 Å². The predicted octanol–water partition coefficient (Wildman–Crippen LogP) is 3.35. The Kier molecular flexibility index (Phi) is 6.22. The average molecular weight is 378 g/mol. The zero-order valence-electron chi connectivity index (χ0n) is 14.7. The molecule has 0 fully saturated rings. The van der Waals surface area contributed by atoms with Gasteiger partial charge in [-0.3, -0.25) is 9.59 Å². The van der Waals surface area contributed by atoms with Crippen LogP contribution in [-0.2, 0) is 16.0 Å². The van der Waals surface area contributed by atoms with Crippen molar-refractivity contribution in [3.05, 3.63) is 47.0 Å². The third kappa shape index (κ3) is 4.87. The van der Waals surface area contributed by atoms with Crippen molar-refractivity contribution in [1.82, 2.24) is 10.1 Å². The highest BCUT2D eigenvalue weighted by Crippen LogP contribution is 2.23. The fraction of sp³-hybridized carbons (Fsp3) is 0.294. The maximum Gasteiger partial charge on any atom is 0.300 e. The van der Waals surface area contributed by atoms with Crippen LogP contribution < -0.4 is 0 Å². The van der Waals surface area contributed by atoms with Crippen molar-refractivity contribution >= 4 is 11.8 Å². The van der Waals surface area contributed by atoms with Crippen LogP contribution in [0, 0.1) is 11.6 Å². The monoisotopic (exact) mass is 378 g/mol. The van der Waals surface area contributed by atoms with Gasteiger partial charge in [0.1, 0.15) is 6.04 Å². The molecule has 1 aromatic heterocycles. The molecule has 27 heavy (non-hydrogen) atoms. The molecule has 1 aliphatic rings. The molecule has 1 atom stereocenters. The van der Waals surface area contributed by atoms with Gasteiger partial charge in [-0.2, -0.15) is 15.2 Å². The first kappa shape index (κ1) is 20.0. The van der Waals surface area contributed by atoms with E-state index in [9.17, 15) is 13.6 Å². The van der Waals surface area contributed by atoms with Crippen LogP contribution in [0.2, 0.25) is 0 Å². The highest BCUT2D eigenvalue weighted by atomic mass is 19.2. The van der Waals surface area contributed by atoms with Crippen molar-refractivity contribution in [2.45, 2.75) is 33.2 Å². The van der Waals surface area contributed by atoms with Gasteiger partial charge in [-0.15, -0.1) is 0 Å². The number of Topliss-reactive ketones (excluding diaryl/α,β-unsaturated/α-hetero) is 1. The second kappa shape index (κ2) is 8.39. The third-order valence-electron chi connectivity index (χ3n) is 3.59. The maximum atomic E-state index is 13.7. The topological polar surface area (TPSA) is 118 Å². The number of hydrogen-bond donors (Lipinski definition) is 1. The molecule has 0 spiro atoms. The van der Waals surface area contributed by atoms with Gasteiger partial charge >= 0.3 is 0 Å². The number of carbonyl (C=O) groups is 2. The first-order valence-electron chi connectivity index (χ1n) is 7.79. The lowest BCUT2D eigenvalue weighted by Gasteiger charge is -2.13. The second-order valence-electron chi connectivity index (χ2n) is 5.64. The number of carbonyl (C=O) groups excluding carboxylic acids is 1. The van der Waals surface area contributed by atoms with Crippen molar-refractivity contribution < 1.29 is 28.0 Å². The molecule has 0 saturated heterocycles. The summed E-state index contributed by atoms with van der Waals surface area (Å²) in [6.07, 6.45) is 0.0525. The van der Waals surface area contributed by atoms with E-state index >= 15 is 0 Å². The van der Waals surface area contributed by atoms with E-state index in [0.717, 1.165) is 13.0 Å². The van der Waals surface area contributed by atoms with E-state index in [4.69, 9.17) is 14.4 Å². The number of rotatable bonds is 3. The minimum Gasteiger partial charge on any atom is -0.481 e. The Morgan fingerprint density at radius 3 is 2.63 bits per heavy atom. The molecule has 3 rings (SSSR count). The van der Waals surface area contributed by atoms with Crippen molar-refractivity contribution in [3.63, 3.8) is 0 Å². The molecular weight excluding hydrogens is 362 g/mol. The number of benzene rings is 1. The lowest BCUT2D eigenvalue weighted by atomic mass is 10.0. The van der Waals surface area contributed by atoms with Crippen LogP contribution >= 0.6 is 0 Å². The number of hydrogen-bond acceptors (Lipinski definition) is 7. The average Bonchev–Trinajstić information content (AvgIpc) is 3.06. The van der Waals surface area contributed by atoms with Crippen molar-refractivity contribution in [2.24, 2.45) is 10.2 Å². The van der Waals surface area contributed by atoms with E-state index in [-0.39, 0.29) is 29.5 Å². The molecule has 8 nitrogen and oxygen atoms in total. The lowest BCUT2D eigenvalue weighted by molar-refractivity contribution is -0.134. The van der Waals surface area contributed by atoms with Crippen molar-refractivity contribution in [3.8, 4) is 11.4 Å². The first-order valence-corrected chi connectivity index (χ1v) is 7.79. The molecule has 0 bridgehead atoms. The van der Waals surface area contributed by atoms with E-state index in [2.05, 4.69) is 20.4 Å². The summed E-state index contributed by atoms with van der Waals surface area (Å²) >= 11 is 0. The summed E-state index contributed by atoms with van der Waals surface area (Å²) in [5.41, 5.74) is 0.990. The summed E-state index contributed by atoms with van der Waals surface area (Å²) in [6, 6.07) is 2.94. The van der Waals surface area contributed by atoms with Gasteiger partial charge < -0.3 is 9.63 Å². The number of aromatic nitrogens is 2. The molecule has 142 valence electrons. The van der Waals surface area contributed by atoms with Gasteiger partial charge in [0.25, 0.3) is 5.97 Å². The Bertz CT molecular complexity index is 933. The molecule has 0 saturated carbocycles. The van der Waals surface area contributed by atoms with Gasteiger partial charge in [0, 0.05) is 12.5 Å². The third-order valence-corrected chi connectivity index (χ3v) is 3.59. The molecule has 2 heterocycles. The maximum absolute atomic E-state index is 13.7. The summed E-state index contributed by atoms with van der Waals surface area (Å²) in [6.45, 7) is 4.45. The first-order chi connectivity index (χ1) is 12.7. The van der Waals surface area contributed by atoms with E-state index in [1.165, 1.54) is 12.1 Å². The largest absolute Gasteiger partial charge is 0.481 e. The summed E-state index contributed by atoms with van der Waals surface area (Å²) in [5, 5.41) is 18.9. The fourth-order valence-electron chi connectivity index (χ4n) is 2.13. The molecule has 0 radical (unpaired) electrons. The molecule has 1 aliphatic heterocycles. The van der Waals surface area contributed by atoms with E-state index in [1.807, 2.05) is 0 Å². The van der Waals surface area contributed by atoms with Gasteiger partial charge in [0.2, 0.25) is 11.7 Å². The quantitative estimate of drug-likeness (QED) is 0.875. The molecule has 1 aromatic carbocycles. The molecular formula is C17H16F2N4O4. The molecule has 0 aliphatic carbocycles. The highest BCUT2D eigenvalue weighted by Gasteiger charge is 2.27. The van der Waals surface area contributed by atoms with Crippen LogP contribution in [-0.4, -0.2) is 33.0 Å². The smallest absolute Gasteiger partial charge is 0.300 e. The van der Waals surface area contributed by atoms with Gasteiger partial charge in [-0.05, 0) is 26.0 Å². The molecule has 2 aromatic rings. The molecule has 0 amide bonds. The second-order valence-corrected chi connectivity index (χ2v) is 5.64. The number of aliphatic carboxylic acids is 1. The zero-order valence-corrected chi connectivity index (χ0v) is 14.7. The Labute approximate surface area is 152 Å². The number of azo groups is 1. The number of nitrogens with zero attached hydrogens (tertiary/aromatic N) is 4. The number of ketones is 1.